The zero-order valence-corrected chi connectivity index (χ0v) is 13.1. The van der Waals surface area contributed by atoms with E-state index in [2.05, 4.69) is 4.90 Å². The molecule has 2 fully saturated rings. The van der Waals surface area contributed by atoms with Crippen molar-refractivity contribution in [3.05, 3.63) is 29.6 Å². The van der Waals surface area contributed by atoms with Crippen LogP contribution in [0.5, 0.6) is 5.75 Å². The predicted molar refractivity (Wildman–Crippen MR) is 82.2 cm³/mol. The van der Waals surface area contributed by atoms with Crippen LogP contribution in [-0.4, -0.2) is 48.5 Å². The first-order valence-corrected chi connectivity index (χ1v) is 8.04. The van der Waals surface area contributed by atoms with E-state index in [9.17, 15) is 9.18 Å². The number of halogens is 1. The van der Waals surface area contributed by atoms with E-state index in [1.807, 2.05) is 11.0 Å². The number of nitrogens with zero attached hydrogens (tertiary/aromatic N) is 2. The summed E-state index contributed by atoms with van der Waals surface area (Å²) in [7, 11) is 1.45. The molecule has 2 aliphatic rings. The van der Waals surface area contributed by atoms with Crippen molar-refractivity contribution >= 4 is 5.91 Å². The van der Waals surface area contributed by atoms with Gasteiger partial charge in [-0.1, -0.05) is 6.07 Å². The molecule has 4 nitrogen and oxygen atoms in total. The zero-order valence-electron chi connectivity index (χ0n) is 13.1. The molecule has 0 aliphatic carbocycles. The fraction of sp³-hybridized carbons (Fsp3) is 0.588. The van der Waals surface area contributed by atoms with Crippen molar-refractivity contribution in [1.82, 2.24) is 9.80 Å². The Morgan fingerprint density at radius 1 is 1.23 bits per heavy atom. The second-order valence-corrected chi connectivity index (χ2v) is 6.13. The van der Waals surface area contributed by atoms with Gasteiger partial charge in [-0.05, 0) is 56.5 Å². The van der Waals surface area contributed by atoms with Crippen LogP contribution in [-0.2, 0) is 11.3 Å². The molecular weight excluding hydrogens is 283 g/mol. The van der Waals surface area contributed by atoms with Gasteiger partial charge in [0.25, 0.3) is 0 Å². The van der Waals surface area contributed by atoms with Crippen molar-refractivity contribution in [3.8, 4) is 5.75 Å². The van der Waals surface area contributed by atoms with Crippen molar-refractivity contribution < 1.29 is 13.9 Å². The Morgan fingerprint density at radius 2 is 2.00 bits per heavy atom. The second kappa shape index (κ2) is 6.65. The lowest BCUT2D eigenvalue weighted by molar-refractivity contribution is -0.140. The summed E-state index contributed by atoms with van der Waals surface area (Å²) in [6, 6.07) is 4.94. The van der Waals surface area contributed by atoms with Crippen LogP contribution in [0.2, 0.25) is 0 Å². The number of hydrogen-bond acceptors (Lipinski definition) is 3. The Balaban J connectivity index is 1.68. The molecule has 1 amide bonds. The van der Waals surface area contributed by atoms with Crippen molar-refractivity contribution in [2.45, 2.75) is 38.3 Å². The van der Waals surface area contributed by atoms with Gasteiger partial charge in [-0.2, -0.15) is 0 Å². The van der Waals surface area contributed by atoms with E-state index in [1.165, 1.54) is 26.0 Å². The minimum Gasteiger partial charge on any atom is -0.494 e. The van der Waals surface area contributed by atoms with Crippen LogP contribution in [0.25, 0.3) is 0 Å². The van der Waals surface area contributed by atoms with Crippen LogP contribution in [0.4, 0.5) is 4.39 Å². The minimum atomic E-state index is -0.374. The third-order valence-electron chi connectivity index (χ3n) is 4.67. The molecule has 0 unspecified atom stereocenters. The normalized spacial score (nSPS) is 23.1. The van der Waals surface area contributed by atoms with Gasteiger partial charge in [-0.3, -0.25) is 9.69 Å². The van der Waals surface area contributed by atoms with E-state index < -0.39 is 0 Å². The van der Waals surface area contributed by atoms with Crippen molar-refractivity contribution in [2.24, 2.45) is 0 Å². The van der Waals surface area contributed by atoms with Crippen LogP contribution in [0.1, 0.15) is 31.2 Å². The highest BCUT2D eigenvalue weighted by atomic mass is 19.1. The maximum Gasteiger partial charge on any atom is 0.240 e. The maximum atomic E-state index is 13.8. The molecule has 0 N–H and O–H groups in total. The molecule has 3 rings (SSSR count). The Kier molecular flexibility index (Phi) is 4.62. The third kappa shape index (κ3) is 3.09. The van der Waals surface area contributed by atoms with Crippen molar-refractivity contribution in [3.63, 3.8) is 0 Å². The molecular formula is C17H23FN2O2. The number of hydrogen-bond donors (Lipinski definition) is 0. The lowest BCUT2D eigenvalue weighted by Crippen LogP contribution is -2.51. The van der Waals surface area contributed by atoms with Crippen LogP contribution in [0.3, 0.4) is 0 Å². The maximum absolute atomic E-state index is 13.8. The monoisotopic (exact) mass is 306 g/mol. The topological polar surface area (TPSA) is 32.8 Å². The average molecular weight is 306 g/mol. The van der Waals surface area contributed by atoms with Gasteiger partial charge >= 0.3 is 0 Å². The molecule has 0 radical (unpaired) electrons. The van der Waals surface area contributed by atoms with Crippen molar-refractivity contribution in [2.75, 3.05) is 26.7 Å². The molecule has 5 heteroatoms. The summed E-state index contributed by atoms with van der Waals surface area (Å²) < 4.78 is 18.7. The van der Waals surface area contributed by atoms with Gasteiger partial charge in [0.2, 0.25) is 5.91 Å². The minimum absolute atomic E-state index is 0.0272. The molecule has 22 heavy (non-hydrogen) atoms. The van der Waals surface area contributed by atoms with Crippen LogP contribution >= 0.6 is 0 Å². The summed E-state index contributed by atoms with van der Waals surface area (Å²) in [5, 5.41) is 0. The van der Waals surface area contributed by atoms with Gasteiger partial charge in [0.05, 0.1) is 13.2 Å². The van der Waals surface area contributed by atoms with Crippen LogP contribution < -0.4 is 4.74 Å². The first-order chi connectivity index (χ1) is 10.7. The number of amides is 1. The summed E-state index contributed by atoms with van der Waals surface area (Å²) in [6.07, 6.45) is 4.35. The number of carbonyl (C=O) groups excluding carboxylic acids is 1. The SMILES string of the molecule is COc1ccc(CN2CCC[C@@H](N3CCCC3)C2=O)cc1F. The highest BCUT2D eigenvalue weighted by Gasteiger charge is 2.34. The Labute approximate surface area is 130 Å². The number of piperidine rings is 1. The van der Waals surface area contributed by atoms with E-state index in [-0.39, 0.29) is 23.5 Å². The van der Waals surface area contributed by atoms with Gasteiger partial charge in [-0.15, -0.1) is 0 Å². The number of rotatable bonds is 4. The Morgan fingerprint density at radius 3 is 2.68 bits per heavy atom. The van der Waals surface area contributed by atoms with E-state index in [1.54, 1.807) is 6.07 Å². The predicted octanol–water partition coefficient (Wildman–Crippen LogP) is 2.42. The number of carbonyl (C=O) groups is 1. The number of ether oxygens (including phenoxy) is 1. The summed E-state index contributed by atoms with van der Waals surface area (Å²) in [5.74, 6) is 0.0635. The summed E-state index contributed by atoms with van der Waals surface area (Å²) in [5.41, 5.74) is 0.814. The highest BCUT2D eigenvalue weighted by molar-refractivity contribution is 5.82. The fourth-order valence-electron chi connectivity index (χ4n) is 3.50. The Hall–Kier alpha value is -1.62. The zero-order chi connectivity index (χ0) is 15.5. The number of likely N-dealkylation sites (tertiary alicyclic amines) is 2. The van der Waals surface area contributed by atoms with Gasteiger partial charge in [0.1, 0.15) is 0 Å². The number of benzene rings is 1. The van der Waals surface area contributed by atoms with Crippen LogP contribution in [0.15, 0.2) is 18.2 Å². The van der Waals surface area contributed by atoms with Gasteiger partial charge in [-0.25, -0.2) is 4.39 Å². The molecule has 0 aromatic heterocycles. The van der Waals surface area contributed by atoms with E-state index >= 15 is 0 Å². The summed E-state index contributed by atoms with van der Waals surface area (Å²) >= 11 is 0. The molecule has 0 bridgehead atoms. The van der Waals surface area contributed by atoms with Crippen LogP contribution in [0, 0.1) is 5.82 Å². The molecule has 1 aromatic carbocycles. The largest absolute Gasteiger partial charge is 0.494 e. The lowest BCUT2D eigenvalue weighted by atomic mass is 10.0. The van der Waals surface area contributed by atoms with Gasteiger partial charge in [0.15, 0.2) is 11.6 Å². The van der Waals surface area contributed by atoms with Crippen molar-refractivity contribution in [1.29, 1.82) is 0 Å². The third-order valence-corrected chi connectivity index (χ3v) is 4.67. The molecule has 2 aliphatic heterocycles. The summed E-state index contributed by atoms with van der Waals surface area (Å²) in [6.45, 7) is 3.30. The second-order valence-electron chi connectivity index (χ2n) is 6.13. The van der Waals surface area contributed by atoms with E-state index in [4.69, 9.17) is 4.74 Å². The first kappa shape index (κ1) is 15.3. The smallest absolute Gasteiger partial charge is 0.240 e. The number of methoxy groups -OCH3 is 1. The fourth-order valence-corrected chi connectivity index (χ4v) is 3.50. The molecule has 0 spiro atoms. The average Bonchev–Trinajstić information content (AvgIpc) is 3.04. The highest BCUT2D eigenvalue weighted by Crippen LogP contribution is 2.24. The standard InChI is InChI=1S/C17H23FN2O2/c1-22-16-7-6-13(11-14(16)18)12-20-10-4-5-15(17(20)21)19-8-2-3-9-19/h6-7,11,15H,2-5,8-10,12H2,1H3/t15-/m1/s1. The molecule has 0 saturated carbocycles. The molecule has 1 atom stereocenters. The molecule has 120 valence electrons. The first-order valence-electron chi connectivity index (χ1n) is 8.04. The van der Waals surface area contributed by atoms with Gasteiger partial charge in [0, 0.05) is 13.1 Å². The van der Waals surface area contributed by atoms with E-state index in [0.29, 0.717) is 6.54 Å². The molecule has 1 aromatic rings. The molecule has 2 saturated heterocycles. The van der Waals surface area contributed by atoms with Gasteiger partial charge < -0.3 is 9.64 Å². The lowest BCUT2D eigenvalue weighted by Gasteiger charge is -2.36. The van der Waals surface area contributed by atoms with E-state index in [0.717, 1.165) is 38.0 Å². The Bertz CT molecular complexity index is 543. The molecule has 2 heterocycles. The summed E-state index contributed by atoms with van der Waals surface area (Å²) in [4.78, 5) is 16.9. The quantitative estimate of drug-likeness (QED) is 0.856.